The molecule has 5 nitrogen and oxygen atoms in total. The van der Waals surface area contributed by atoms with Crippen molar-refractivity contribution >= 4 is 86.8 Å². The van der Waals surface area contributed by atoms with E-state index >= 15 is 0 Å². The second-order valence-electron chi connectivity index (χ2n) is 17.1. The van der Waals surface area contributed by atoms with Crippen LogP contribution in [-0.2, 0) is 0 Å². The Bertz CT molecular complexity index is 4290. The zero-order chi connectivity index (χ0) is 43.3. The van der Waals surface area contributed by atoms with Gasteiger partial charge in [0.1, 0.15) is 11.2 Å². The van der Waals surface area contributed by atoms with Gasteiger partial charge in [0.15, 0.2) is 17.5 Å². The van der Waals surface area contributed by atoms with Crippen molar-refractivity contribution in [2.24, 2.45) is 0 Å². The van der Waals surface area contributed by atoms with E-state index in [0.29, 0.717) is 17.5 Å². The largest absolute Gasteiger partial charge is 0.456 e. The first-order valence-electron chi connectivity index (χ1n) is 22.3. The number of hydrogen-bond donors (Lipinski definition) is 0. The molecule has 0 amide bonds. The van der Waals surface area contributed by atoms with Crippen molar-refractivity contribution < 1.29 is 4.42 Å². The molecule has 66 heavy (non-hydrogen) atoms. The Labute approximate surface area is 378 Å². The summed E-state index contributed by atoms with van der Waals surface area (Å²) in [6.45, 7) is 0. The summed E-state index contributed by atoms with van der Waals surface area (Å²) in [5.74, 6) is 1.79. The fourth-order valence-corrected chi connectivity index (χ4v) is 10.3. The van der Waals surface area contributed by atoms with Gasteiger partial charge in [0.05, 0.1) is 11.0 Å². The van der Waals surface area contributed by atoms with Gasteiger partial charge in [0.2, 0.25) is 0 Å². The third-order valence-corrected chi connectivity index (χ3v) is 13.4. The Morgan fingerprint density at radius 1 is 0.303 bits per heavy atom. The molecule has 0 aliphatic heterocycles. The molecule has 0 saturated heterocycles. The summed E-state index contributed by atoms with van der Waals surface area (Å²) in [5, 5.41) is 13.8. The standard InChI is InChI=1S/C61H36N4O/c1-2-13-37(14-3-1)41-20-10-21-44(33-41)59-62-60(48-24-11-19-38-15-6-8-22-46(38)48)64-61(63-59)49-25-12-26-54-57(49)58-50-36-45(30-27-40(50)29-32-55(58)66-54)65-52-31-28-39-16-7-9-23-47(39)56(52)51-34-42-17-4-5-18-43(42)35-53(51)65/h1-36H. The van der Waals surface area contributed by atoms with Crippen LogP contribution in [0.5, 0.6) is 0 Å². The fraction of sp³-hybridized carbons (Fsp3) is 0. The molecule has 0 unspecified atom stereocenters. The first-order chi connectivity index (χ1) is 32.7. The number of furan rings is 1. The average molecular weight is 841 g/mol. The molecule has 0 N–H and O–H groups in total. The fourth-order valence-electron chi connectivity index (χ4n) is 10.3. The molecule has 5 heteroatoms. The van der Waals surface area contributed by atoms with Crippen molar-refractivity contribution in [2.75, 3.05) is 0 Å². The highest BCUT2D eigenvalue weighted by molar-refractivity contribution is 6.25. The molecule has 14 rings (SSSR count). The van der Waals surface area contributed by atoms with E-state index in [-0.39, 0.29) is 0 Å². The van der Waals surface area contributed by atoms with Gasteiger partial charge in [0.25, 0.3) is 0 Å². The molecule has 0 spiro atoms. The summed E-state index contributed by atoms with van der Waals surface area (Å²) >= 11 is 0. The number of benzene rings is 11. The summed E-state index contributed by atoms with van der Waals surface area (Å²) in [6, 6.07) is 77.5. The molecule has 11 aromatic carbocycles. The van der Waals surface area contributed by atoms with E-state index in [2.05, 4.69) is 211 Å². The lowest BCUT2D eigenvalue weighted by atomic mass is 9.99. The van der Waals surface area contributed by atoms with E-state index in [1.54, 1.807) is 0 Å². The van der Waals surface area contributed by atoms with E-state index in [4.69, 9.17) is 19.4 Å². The number of rotatable bonds is 5. The summed E-state index contributed by atoms with van der Waals surface area (Å²) in [7, 11) is 0. The zero-order valence-corrected chi connectivity index (χ0v) is 35.5. The lowest BCUT2D eigenvalue weighted by Crippen LogP contribution is -2.01. The zero-order valence-electron chi connectivity index (χ0n) is 35.5. The lowest BCUT2D eigenvalue weighted by Gasteiger charge is -2.12. The number of fused-ring (bicyclic) bond motifs is 12. The number of nitrogens with zero attached hydrogens (tertiary/aromatic N) is 4. The van der Waals surface area contributed by atoms with Crippen molar-refractivity contribution in [1.29, 1.82) is 0 Å². The highest BCUT2D eigenvalue weighted by Gasteiger charge is 2.22. The summed E-state index contributed by atoms with van der Waals surface area (Å²) in [4.78, 5) is 15.9. The minimum absolute atomic E-state index is 0.579. The predicted molar refractivity (Wildman–Crippen MR) is 273 cm³/mol. The second-order valence-corrected chi connectivity index (χ2v) is 17.1. The normalized spacial score (nSPS) is 11.9. The van der Waals surface area contributed by atoms with Gasteiger partial charge in [-0.1, -0.05) is 170 Å². The maximum Gasteiger partial charge on any atom is 0.164 e. The Balaban J connectivity index is 1.03. The van der Waals surface area contributed by atoms with Crippen molar-refractivity contribution in [3.63, 3.8) is 0 Å². The molecule has 0 aliphatic rings. The average Bonchev–Trinajstić information content (AvgIpc) is 3.94. The Morgan fingerprint density at radius 3 is 1.76 bits per heavy atom. The quantitative estimate of drug-likeness (QED) is 0.173. The molecule has 0 bridgehead atoms. The van der Waals surface area contributed by atoms with Crippen molar-refractivity contribution in [1.82, 2.24) is 19.5 Å². The van der Waals surface area contributed by atoms with Crippen LogP contribution in [0.2, 0.25) is 0 Å². The summed E-state index contributed by atoms with van der Waals surface area (Å²) in [6.07, 6.45) is 0. The molecule has 3 aromatic heterocycles. The topological polar surface area (TPSA) is 56.7 Å². The first kappa shape index (κ1) is 36.5. The van der Waals surface area contributed by atoms with E-state index in [1.807, 2.05) is 12.1 Å². The number of hydrogen-bond acceptors (Lipinski definition) is 4. The van der Waals surface area contributed by atoms with Crippen LogP contribution in [0.3, 0.4) is 0 Å². The van der Waals surface area contributed by atoms with Crippen molar-refractivity contribution in [3.05, 3.63) is 218 Å². The van der Waals surface area contributed by atoms with Crippen LogP contribution in [-0.4, -0.2) is 19.5 Å². The van der Waals surface area contributed by atoms with Gasteiger partial charge in [-0.25, -0.2) is 15.0 Å². The van der Waals surface area contributed by atoms with Crippen molar-refractivity contribution in [3.8, 4) is 51.0 Å². The van der Waals surface area contributed by atoms with E-state index in [1.165, 1.54) is 43.4 Å². The molecule has 0 atom stereocenters. The van der Waals surface area contributed by atoms with E-state index < -0.39 is 0 Å². The van der Waals surface area contributed by atoms with Crippen LogP contribution in [0.4, 0.5) is 0 Å². The predicted octanol–water partition coefficient (Wildman–Crippen LogP) is 16.1. The van der Waals surface area contributed by atoms with E-state index in [0.717, 1.165) is 77.0 Å². The highest BCUT2D eigenvalue weighted by Crippen LogP contribution is 2.43. The molecule has 0 saturated carbocycles. The maximum atomic E-state index is 6.76. The van der Waals surface area contributed by atoms with Gasteiger partial charge in [-0.05, 0) is 103 Å². The van der Waals surface area contributed by atoms with E-state index in [9.17, 15) is 0 Å². The maximum absolute atomic E-state index is 6.76. The van der Waals surface area contributed by atoms with Gasteiger partial charge in [-0.2, -0.15) is 0 Å². The second kappa shape index (κ2) is 14.3. The third kappa shape index (κ3) is 5.63. The molecule has 0 fully saturated rings. The molecule has 3 heterocycles. The van der Waals surface area contributed by atoms with Gasteiger partial charge in [-0.15, -0.1) is 0 Å². The molecular weight excluding hydrogens is 805 g/mol. The molecule has 14 aromatic rings. The monoisotopic (exact) mass is 840 g/mol. The van der Waals surface area contributed by atoms with Crippen LogP contribution < -0.4 is 0 Å². The molecular formula is C61H36N4O. The summed E-state index contributed by atoms with van der Waals surface area (Å²) in [5.41, 5.74) is 9.95. The molecule has 306 valence electrons. The van der Waals surface area contributed by atoms with Crippen LogP contribution in [0.25, 0.3) is 138 Å². The highest BCUT2D eigenvalue weighted by atomic mass is 16.3. The number of aromatic nitrogens is 4. The van der Waals surface area contributed by atoms with Crippen LogP contribution >= 0.6 is 0 Å². The Morgan fingerprint density at radius 2 is 0.894 bits per heavy atom. The Kier molecular flexibility index (Phi) is 7.91. The molecule has 0 aliphatic carbocycles. The van der Waals surface area contributed by atoms with Gasteiger partial charge in [-0.3, -0.25) is 0 Å². The minimum Gasteiger partial charge on any atom is -0.456 e. The van der Waals surface area contributed by atoms with Gasteiger partial charge >= 0.3 is 0 Å². The Hall–Kier alpha value is -8.93. The molecule has 0 radical (unpaired) electrons. The van der Waals surface area contributed by atoms with Crippen LogP contribution in [0, 0.1) is 0 Å². The summed E-state index contributed by atoms with van der Waals surface area (Å²) < 4.78 is 9.20. The van der Waals surface area contributed by atoms with Gasteiger partial charge < -0.3 is 8.98 Å². The van der Waals surface area contributed by atoms with Crippen LogP contribution in [0.15, 0.2) is 223 Å². The van der Waals surface area contributed by atoms with Crippen LogP contribution in [0.1, 0.15) is 0 Å². The first-order valence-corrected chi connectivity index (χ1v) is 22.3. The smallest absolute Gasteiger partial charge is 0.164 e. The third-order valence-electron chi connectivity index (χ3n) is 13.4. The minimum atomic E-state index is 0.579. The lowest BCUT2D eigenvalue weighted by molar-refractivity contribution is 0.669. The van der Waals surface area contributed by atoms with Crippen molar-refractivity contribution in [2.45, 2.75) is 0 Å². The SMILES string of the molecule is c1ccc(-c2cccc(-c3nc(-c4cccc5ccccc45)nc(-c4cccc5oc6ccc7ccc(-n8c9cc%10ccccc%10cc9c9c%10ccccc%10ccc98)cc7c6c45)n3)c2)cc1. The van der Waals surface area contributed by atoms with Gasteiger partial charge in [0, 0.05) is 43.9 Å².